The van der Waals surface area contributed by atoms with Gasteiger partial charge in [-0.2, -0.15) is 5.10 Å². The number of aryl methyl sites for hydroxylation is 1. The van der Waals surface area contributed by atoms with Crippen LogP contribution in [0.2, 0.25) is 0 Å². The van der Waals surface area contributed by atoms with E-state index in [1.54, 1.807) is 19.2 Å². The normalized spacial score (nSPS) is 16.5. The number of carbonyl (C=O) groups excluding carboxylic acids is 1. The molecule has 1 amide bonds. The molecule has 204 valence electrons. The maximum absolute atomic E-state index is 14.6. The van der Waals surface area contributed by atoms with E-state index >= 15 is 0 Å². The molecule has 0 bridgehead atoms. The average molecular weight is 536 g/mol. The van der Waals surface area contributed by atoms with Crippen LogP contribution < -0.4 is 4.74 Å². The Bertz CT molecular complexity index is 1490. The molecule has 11 heteroatoms. The zero-order chi connectivity index (χ0) is 26.9. The molecule has 2 aromatic carbocycles. The Morgan fingerprint density at radius 1 is 1.15 bits per heavy atom. The Hall–Kier alpha value is -3.80. The number of H-pyrrole nitrogens is 1. The summed E-state index contributed by atoms with van der Waals surface area (Å²) in [5.41, 5.74) is 4.01. The first kappa shape index (κ1) is 25.5. The van der Waals surface area contributed by atoms with E-state index < -0.39 is 5.82 Å². The molecule has 0 saturated carbocycles. The molecule has 2 saturated heterocycles. The van der Waals surface area contributed by atoms with Crippen LogP contribution in [0.15, 0.2) is 40.9 Å². The molecule has 4 aromatic rings. The van der Waals surface area contributed by atoms with Gasteiger partial charge in [0.05, 0.1) is 25.3 Å². The molecule has 0 aliphatic carbocycles. The van der Waals surface area contributed by atoms with Crippen LogP contribution in [0.3, 0.4) is 0 Å². The number of amides is 1. The second-order valence-electron chi connectivity index (χ2n) is 9.86. The van der Waals surface area contributed by atoms with Crippen LogP contribution in [0.25, 0.3) is 33.6 Å². The van der Waals surface area contributed by atoms with E-state index in [2.05, 4.69) is 20.3 Å². The van der Waals surface area contributed by atoms with E-state index in [1.165, 1.54) is 6.07 Å². The number of ether oxygens (including phenoxy) is 3. The highest BCUT2D eigenvalue weighted by Crippen LogP contribution is 2.33. The molecule has 2 fully saturated rings. The van der Waals surface area contributed by atoms with Crippen LogP contribution >= 0.6 is 0 Å². The topological polar surface area (TPSA) is 106 Å². The van der Waals surface area contributed by atoms with Crippen molar-refractivity contribution >= 4 is 16.8 Å². The number of benzene rings is 2. The maximum atomic E-state index is 14.6. The van der Waals surface area contributed by atoms with Gasteiger partial charge in [0.15, 0.2) is 17.3 Å². The summed E-state index contributed by atoms with van der Waals surface area (Å²) in [6.45, 7) is 7.36. The van der Waals surface area contributed by atoms with Crippen molar-refractivity contribution in [2.24, 2.45) is 0 Å². The number of nitrogens with zero attached hydrogens (tertiary/aromatic N) is 4. The highest BCUT2D eigenvalue weighted by atomic mass is 19.1. The number of morpholine rings is 1. The number of likely N-dealkylation sites (tertiary alicyclic amines) is 1. The van der Waals surface area contributed by atoms with Gasteiger partial charge in [0.25, 0.3) is 5.91 Å². The number of aromatic amines is 1. The zero-order valence-corrected chi connectivity index (χ0v) is 21.9. The quantitative estimate of drug-likeness (QED) is 0.342. The summed E-state index contributed by atoms with van der Waals surface area (Å²) in [6, 6.07) is 10.7. The molecular formula is C28H30FN5O5. The number of fused-ring (bicyclic) bond motifs is 1. The first-order chi connectivity index (χ1) is 19.0. The lowest BCUT2D eigenvalue weighted by Crippen LogP contribution is -2.62. The summed E-state index contributed by atoms with van der Waals surface area (Å²) in [5.74, 6) is 0.0551. The van der Waals surface area contributed by atoms with E-state index in [0.717, 1.165) is 50.5 Å². The largest absolute Gasteiger partial charge is 0.488 e. The van der Waals surface area contributed by atoms with E-state index in [-0.39, 0.29) is 18.3 Å². The Morgan fingerprint density at radius 3 is 2.74 bits per heavy atom. The van der Waals surface area contributed by atoms with Crippen molar-refractivity contribution in [1.29, 1.82) is 0 Å². The summed E-state index contributed by atoms with van der Waals surface area (Å²) in [7, 11) is 1.56. The highest BCUT2D eigenvalue weighted by molar-refractivity contribution is 5.97. The van der Waals surface area contributed by atoms with Crippen LogP contribution in [0.4, 0.5) is 4.39 Å². The highest BCUT2D eigenvalue weighted by Gasteiger charge is 2.36. The standard InChI is InChI=1S/C28H30FN5O5/c1-17-11-18(3-4-20(17)28(35)34-15-19(16-34)33-5-7-37-8-6-33)23-13-26(39-32-23)27-21-12-22(29)25(38-10-9-36-2)14-24(21)30-31-27/h3-4,11-14,19H,5-10,15-16H2,1-2H3,(H,30,31). The van der Waals surface area contributed by atoms with Gasteiger partial charge in [0, 0.05) is 68.0 Å². The maximum Gasteiger partial charge on any atom is 0.254 e. The van der Waals surface area contributed by atoms with Gasteiger partial charge in [0.2, 0.25) is 0 Å². The molecule has 10 nitrogen and oxygen atoms in total. The lowest BCUT2D eigenvalue weighted by atomic mass is 9.99. The Balaban J connectivity index is 1.16. The van der Waals surface area contributed by atoms with Gasteiger partial charge in [-0.05, 0) is 30.7 Å². The van der Waals surface area contributed by atoms with Crippen molar-refractivity contribution in [3.8, 4) is 28.5 Å². The van der Waals surface area contributed by atoms with E-state index in [4.69, 9.17) is 18.7 Å². The molecule has 2 aliphatic rings. The number of halogens is 1. The number of carbonyl (C=O) groups is 1. The Kier molecular flexibility index (Phi) is 7.03. The molecule has 1 N–H and O–H groups in total. The molecule has 0 radical (unpaired) electrons. The number of aromatic nitrogens is 3. The number of rotatable bonds is 8. The third kappa shape index (κ3) is 5.00. The lowest BCUT2D eigenvalue weighted by molar-refractivity contribution is -0.0256. The van der Waals surface area contributed by atoms with Crippen molar-refractivity contribution in [1.82, 2.24) is 25.2 Å². The SMILES string of the molecule is COCCOc1cc2[nH]nc(-c3cc(-c4ccc(C(=O)N5CC(N6CCOCC6)C5)c(C)c4)no3)c2cc1F. The van der Waals surface area contributed by atoms with E-state index in [1.807, 2.05) is 30.0 Å². The van der Waals surface area contributed by atoms with Crippen LogP contribution in [0.1, 0.15) is 15.9 Å². The number of methoxy groups -OCH3 is 1. The molecule has 0 atom stereocenters. The van der Waals surface area contributed by atoms with Crippen molar-refractivity contribution in [3.05, 3.63) is 53.3 Å². The fourth-order valence-corrected chi connectivity index (χ4v) is 5.10. The first-order valence-electron chi connectivity index (χ1n) is 13.0. The average Bonchev–Trinajstić information content (AvgIpc) is 3.56. The van der Waals surface area contributed by atoms with Crippen molar-refractivity contribution < 1.29 is 27.9 Å². The van der Waals surface area contributed by atoms with Crippen LogP contribution in [0.5, 0.6) is 5.75 Å². The van der Waals surface area contributed by atoms with Gasteiger partial charge in [-0.25, -0.2) is 4.39 Å². The van der Waals surface area contributed by atoms with Crippen molar-refractivity contribution in [2.45, 2.75) is 13.0 Å². The summed E-state index contributed by atoms with van der Waals surface area (Å²) < 4.78 is 36.0. The Labute approximate surface area is 224 Å². The lowest BCUT2D eigenvalue weighted by Gasteiger charge is -2.46. The molecule has 39 heavy (non-hydrogen) atoms. The second-order valence-corrected chi connectivity index (χ2v) is 9.86. The molecular weight excluding hydrogens is 505 g/mol. The molecule has 6 rings (SSSR count). The van der Waals surface area contributed by atoms with E-state index in [9.17, 15) is 9.18 Å². The number of hydrogen-bond donors (Lipinski definition) is 1. The van der Waals surface area contributed by atoms with Crippen molar-refractivity contribution in [3.63, 3.8) is 0 Å². The van der Waals surface area contributed by atoms with Gasteiger partial charge in [-0.15, -0.1) is 0 Å². The predicted molar refractivity (Wildman–Crippen MR) is 141 cm³/mol. The molecule has 4 heterocycles. The summed E-state index contributed by atoms with van der Waals surface area (Å²) in [5, 5.41) is 12.0. The number of nitrogens with one attached hydrogen (secondary N) is 1. The predicted octanol–water partition coefficient (Wildman–Crippen LogP) is 3.51. The molecule has 2 aromatic heterocycles. The second kappa shape index (κ2) is 10.8. The van der Waals surface area contributed by atoms with Crippen LogP contribution in [-0.4, -0.2) is 96.8 Å². The van der Waals surface area contributed by atoms with Gasteiger partial charge < -0.3 is 23.6 Å². The number of hydrogen-bond acceptors (Lipinski definition) is 8. The fourth-order valence-electron chi connectivity index (χ4n) is 5.10. The van der Waals surface area contributed by atoms with Crippen molar-refractivity contribution in [2.75, 3.05) is 59.7 Å². The van der Waals surface area contributed by atoms with Crippen LogP contribution in [0, 0.1) is 12.7 Å². The van der Waals surface area contributed by atoms with E-state index in [0.29, 0.717) is 46.3 Å². The molecule has 0 spiro atoms. The summed E-state index contributed by atoms with van der Waals surface area (Å²) in [4.78, 5) is 17.4. The minimum absolute atomic E-state index is 0.0417. The van der Waals surface area contributed by atoms with Crippen LogP contribution in [-0.2, 0) is 9.47 Å². The van der Waals surface area contributed by atoms with Gasteiger partial charge in [-0.3, -0.25) is 14.8 Å². The van der Waals surface area contributed by atoms with Gasteiger partial charge >= 0.3 is 0 Å². The Morgan fingerprint density at radius 2 is 1.97 bits per heavy atom. The molecule has 2 aliphatic heterocycles. The molecule has 0 unspecified atom stereocenters. The summed E-state index contributed by atoms with van der Waals surface area (Å²) in [6.07, 6.45) is 0. The fraction of sp³-hybridized carbons (Fsp3) is 0.393. The third-order valence-electron chi connectivity index (χ3n) is 7.37. The first-order valence-corrected chi connectivity index (χ1v) is 13.0. The van der Waals surface area contributed by atoms with Gasteiger partial charge in [-0.1, -0.05) is 11.2 Å². The smallest absolute Gasteiger partial charge is 0.254 e. The summed E-state index contributed by atoms with van der Waals surface area (Å²) >= 11 is 0. The minimum atomic E-state index is -0.504. The minimum Gasteiger partial charge on any atom is -0.488 e. The monoisotopic (exact) mass is 535 g/mol. The van der Waals surface area contributed by atoms with Gasteiger partial charge in [0.1, 0.15) is 18.0 Å². The third-order valence-corrected chi connectivity index (χ3v) is 7.37. The zero-order valence-electron chi connectivity index (χ0n) is 21.9.